The molecule has 2 heterocycles. The van der Waals surface area contributed by atoms with Gasteiger partial charge in [0.25, 0.3) is 5.56 Å². The molecule has 0 spiro atoms. The third kappa shape index (κ3) is 4.90. The highest BCUT2D eigenvalue weighted by Gasteiger charge is 2.27. The second-order valence-electron chi connectivity index (χ2n) is 8.05. The van der Waals surface area contributed by atoms with Crippen molar-refractivity contribution >= 4 is 11.7 Å². The lowest BCUT2D eigenvalue weighted by Gasteiger charge is -2.20. The lowest BCUT2D eigenvalue weighted by Crippen LogP contribution is -2.41. The molecule has 0 bridgehead atoms. The van der Waals surface area contributed by atoms with E-state index in [0.717, 1.165) is 19.3 Å². The molecule has 0 radical (unpaired) electrons. The highest BCUT2D eigenvalue weighted by Crippen LogP contribution is 2.28. The van der Waals surface area contributed by atoms with Crippen LogP contribution in [-0.4, -0.2) is 32.8 Å². The second-order valence-corrected chi connectivity index (χ2v) is 8.05. The summed E-state index contributed by atoms with van der Waals surface area (Å²) in [5.74, 6) is 1.06. The molecular weight excluding hydrogens is 382 g/mol. The van der Waals surface area contributed by atoms with Crippen molar-refractivity contribution in [3.63, 3.8) is 0 Å². The first kappa shape index (κ1) is 22.0. The lowest BCUT2D eigenvalue weighted by molar-refractivity contribution is 0.207. The zero-order valence-electron chi connectivity index (χ0n) is 18.0. The van der Waals surface area contributed by atoms with E-state index in [1.54, 1.807) is 7.05 Å². The standard InChI is InChI=1S/C23H31N3O4/c1-16(2)30-21-18(11-10-17-8-5-4-6-9-17)12-13-19-20(24-21)25(3)23(29)26(22(19)28)14-7-15-27/h4-6,8-9,16,18,27H,7,10-15H2,1-3H3. The third-order valence-electron chi connectivity index (χ3n) is 5.44. The van der Waals surface area contributed by atoms with E-state index in [2.05, 4.69) is 12.1 Å². The third-order valence-corrected chi connectivity index (χ3v) is 5.44. The van der Waals surface area contributed by atoms with Crippen LogP contribution in [0, 0.1) is 5.92 Å². The summed E-state index contributed by atoms with van der Waals surface area (Å²) in [4.78, 5) is 30.5. The van der Waals surface area contributed by atoms with E-state index in [1.807, 2.05) is 32.0 Å². The number of aliphatic imine (C=N–C) groups is 1. The predicted molar refractivity (Wildman–Crippen MR) is 118 cm³/mol. The minimum Gasteiger partial charge on any atom is -0.478 e. The number of nitrogens with zero attached hydrogens (tertiary/aromatic N) is 3. The molecule has 0 aliphatic carbocycles. The Kier molecular flexibility index (Phi) is 7.26. The predicted octanol–water partition coefficient (Wildman–Crippen LogP) is 2.58. The van der Waals surface area contributed by atoms with Crippen molar-refractivity contribution in [2.24, 2.45) is 18.0 Å². The van der Waals surface area contributed by atoms with Gasteiger partial charge in [-0.05, 0) is 51.5 Å². The molecule has 0 saturated heterocycles. The van der Waals surface area contributed by atoms with Crippen LogP contribution >= 0.6 is 0 Å². The first-order valence-electron chi connectivity index (χ1n) is 10.6. The van der Waals surface area contributed by atoms with Crippen LogP contribution in [0.25, 0.3) is 0 Å². The Bertz CT molecular complexity index is 1010. The molecule has 0 saturated carbocycles. The lowest BCUT2D eigenvalue weighted by atomic mass is 9.94. The topological polar surface area (TPSA) is 85.8 Å². The van der Waals surface area contributed by atoms with Crippen LogP contribution in [0.2, 0.25) is 0 Å². The number of aliphatic hydroxyl groups excluding tert-OH is 1. The van der Waals surface area contributed by atoms with E-state index in [4.69, 9.17) is 14.8 Å². The van der Waals surface area contributed by atoms with Crippen molar-refractivity contribution in [2.75, 3.05) is 6.61 Å². The van der Waals surface area contributed by atoms with Crippen LogP contribution in [0.3, 0.4) is 0 Å². The molecular formula is C23H31N3O4. The van der Waals surface area contributed by atoms with Crippen LogP contribution in [0.5, 0.6) is 0 Å². The Morgan fingerprint density at radius 3 is 2.63 bits per heavy atom. The second kappa shape index (κ2) is 9.89. The van der Waals surface area contributed by atoms with Crippen molar-refractivity contribution in [1.29, 1.82) is 0 Å². The first-order chi connectivity index (χ1) is 14.4. The van der Waals surface area contributed by atoms with Gasteiger partial charge in [0, 0.05) is 26.1 Å². The maximum Gasteiger partial charge on any atom is 0.332 e. The Morgan fingerprint density at radius 2 is 1.97 bits per heavy atom. The van der Waals surface area contributed by atoms with Gasteiger partial charge in [0.1, 0.15) is 5.82 Å². The van der Waals surface area contributed by atoms with Gasteiger partial charge in [0.05, 0.1) is 11.7 Å². The van der Waals surface area contributed by atoms with Crippen molar-refractivity contribution in [2.45, 2.75) is 58.6 Å². The molecule has 1 atom stereocenters. The fourth-order valence-electron chi connectivity index (χ4n) is 3.86. The summed E-state index contributed by atoms with van der Waals surface area (Å²) in [7, 11) is 1.64. The van der Waals surface area contributed by atoms with Gasteiger partial charge in [-0.25, -0.2) is 4.79 Å². The summed E-state index contributed by atoms with van der Waals surface area (Å²) in [6.45, 7) is 4.04. The molecule has 0 fully saturated rings. The number of rotatable bonds is 7. The van der Waals surface area contributed by atoms with E-state index in [1.165, 1.54) is 14.7 Å². The van der Waals surface area contributed by atoms with Gasteiger partial charge in [-0.15, -0.1) is 0 Å². The number of fused-ring (bicyclic) bond motifs is 1. The summed E-state index contributed by atoms with van der Waals surface area (Å²) < 4.78 is 8.69. The summed E-state index contributed by atoms with van der Waals surface area (Å²) in [6, 6.07) is 10.3. The van der Waals surface area contributed by atoms with E-state index in [-0.39, 0.29) is 30.7 Å². The van der Waals surface area contributed by atoms with Crippen LogP contribution in [-0.2, 0) is 31.2 Å². The van der Waals surface area contributed by atoms with E-state index in [0.29, 0.717) is 30.1 Å². The van der Waals surface area contributed by atoms with Crippen LogP contribution in [0.4, 0.5) is 5.82 Å². The monoisotopic (exact) mass is 413 g/mol. The van der Waals surface area contributed by atoms with Gasteiger partial charge in [-0.1, -0.05) is 30.3 Å². The number of hydrogen-bond donors (Lipinski definition) is 1. The average Bonchev–Trinajstić information content (AvgIpc) is 2.91. The van der Waals surface area contributed by atoms with Gasteiger partial charge < -0.3 is 9.84 Å². The van der Waals surface area contributed by atoms with Crippen LogP contribution in [0.15, 0.2) is 44.9 Å². The van der Waals surface area contributed by atoms with E-state index < -0.39 is 5.69 Å². The fraction of sp³-hybridized carbons (Fsp3) is 0.522. The van der Waals surface area contributed by atoms with Gasteiger partial charge in [0.15, 0.2) is 5.90 Å². The van der Waals surface area contributed by atoms with Gasteiger partial charge in [-0.2, -0.15) is 4.99 Å². The maximum atomic E-state index is 13.0. The average molecular weight is 414 g/mol. The molecule has 7 nitrogen and oxygen atoms in total. The fourth-order valence-corrected chi connectivity index (χ4v) is 3.86. The molecule has 7 heteroatoms. The normalized spacial score (nSPS) is 16.2. The molecule has 0 amide bonds. The summed E-state index contributed by atoms with van der Waals surface area (Å²) >= 11 is 0. The minimum absolute atomic E-state index is 0.0496. The molecule has 1 aromatic carbocycles. The Morgan fingerprint density at radius 1 is 1.23 bits per heavy atom. The van der Waals surface area contributed by atoms with Gasteiger partial charge >= 0.3 is 5.69 Å². The largest absolute Gasteiger partial charge is 0.478 e. The van der Waals surface area contributed by atoms with Crippen molar-refractivity contribution < 1.29 is 9.84 Å². The quantitative estimate of drug-likeness (QED) is 0.756. The van der Waals surface area contributed by atoms with Gasteiger partial charge in [-0.3, -0.25) is 13.9 Å². The van der Waals surface area contributed by atoms with Crippen molar-refractivity contribution in [3.8, 4) is 0 Å². The minimum atomic E-state index is -0.414. The molecule has 162 valence electrons. The summed E-state index contributed by atoms with van der Waals surface area (Å²) in [6.07, 6.45) is 3.33. The van der Waals surface area contributed by atoms with E-state index >= 15 is 0 Å². The summed E-state index contributed by atoms with van der Waals surface area (Å²) in [5.41, 5.74) is 1.07. The Balaban J connectivity index is 1.97. The molecule has 1 N–H and O–H groups in total. The highest BCUT2D eigenvalue weighted by atomic mass is 16.5. The molecule has 1 aliphatic rings. The Hall–Kier alpha value is -2.67. The van der Waals surface area contributed by atoms with Gasteiger partial charge in [0.2, 0.25) is 0 Å². The van der Waals surface area contributed by atoms with Crippen LogP contribution < -0.4 is 11.2 Å². The molecule has 2 aromatic rings. The zero-order valence-corrected chi connectivity index (χ0v) is 18.0. The number of aryl methyl sites for hydroxylation is 1. The molecule has 1 unspecified atom stereocenters. The van der Waals surface area contributed by atoms with Crippen molar-refractivity contribution in [1.82, 2.24) is 9.13 Å². The molecule has 1 aliphatic heterocycles. The molecule has 3 rings (SSSR count). The van der Waals surface area contributed by atoms with E-state index in [9.17, 15) is 9.59 Å². The smallest absolute Gasteiger partial charge is 0.332 e. The number of ether oxygens (including phenoxy) is 1. The molecule has 1 aromatic heterocycles. The maximum absolute atomic E-state index is 13.0. The summed E-state index contributed by atoms with van der Waals surface area (Å²) in [5, 5.41) is 9.11. The number of aliphatic hydroxyl groups is 1. The number of benzene rings is 1. The molecule has 30 heavy (non-hydrogen) atoms. The van der Waals surface area contributed by atoms with Crippen LogP contribution in [0.1, 0.15) is 44.2 Å². The Labute approximate surface area is 176 Å². The first-order valence-corrected chi connectivity index (χ1v) is 10.6. The highest BCUT2D eigenvalue weighted by molar-refractivity contribution is 5.82. The zero-order chi connectivity index (χ0) is 21.7. The SMILES string of the molecule is CC(C)OC1=Nc2c(c(=O)n(CCCO)c(=O)n2C)CCC1CCc1ccccc1. The van der Waals surface area contributed by atoms with Crippen molar-refractivity contribution in [3.05, 3.63) is 62.3 Å². The number of aromatic nitrogens is 2. The number of hydrogen-bond acceptors (Lipinski definition) is 5.